The van der Waals surface area contributed by atoms with Crippen molar-refractivity contribution in [2.24, 2.45) is 5.92 Å². The number of hydrogen-bond acceptors (Lipinski definition) is 6. The van der Waals surface area contributed by atoms with Gasteiger partial charge in [0, 0.05) is 12.0 Å². The van der Waals surface area contributed by atoms with Crippen molar-refractivity contribution in [3.8, 4) is 6.07 Å². The number of ether oxygens (including phenoxy) is 1. The first kappa shape index (κ1) is 18.8. The SMILES string of the molecule is C=CC(/C=C(\C#N)C(=O)c1ccc2[nH]c(=O)oc2c1)CC/C(=C/O)OC. The van der Waals surface area contributed by atoms with Crippen LogP contribution in [0.1, 0.15) is 23.2 Å². The number of oxazole rings is 1. The fourth-order valence-corrected chi connectivity index (χ4v) is 2.42. The van der Waals surface area contributed by atoms with Crippen molar-refractivity contribution >= 4 is 16.9 Å². The van der Waals surface area contributed by atoms with E-state index < -0.39 is 11.5 Å². The number of ketones is 1. The second-order valence-corrected chi connectivity index (χ2v) is 5.48. The number of allylic oxidation sites excluding steroid dienone is 4. The molecule has 26 heavy (non-hydrogen) atoms. The number of aliphatic hydroxyl groups excluding tert-OH is 1. The molecule has 1 aromatic carbocycles. The zero-order valence-electron chi connectivity index (χ0n) is 14.2. The van der Waals surface area contributed by atoms with Gasteiger partial charge in [-0.25, -0.2) is 4.79 Å². The maximum atomic E-state index is 12.6. The lowest BCUT2D eigenvalue weighted by molar-refractivity contribution is 0.103. The third-order valence-corrected chi connectivity index (χ3v) is 3.86. The first-order chi connectivity index (χ1) is 12.5. The summed E-state index contributed by atoms with van der Waals surface area (Å²) in [6.07, 6.45) is 4.95. The predicted octanol–water partition coefficient (Wildman–Crippen LogP) is 3.38. The first-order valence-electron chi connectivity index (χ1n) is 7.81. The van der Waals surface area contributed by atoms with E-state index in [1.165, 1.54) is 25.3 Å². The molecule has 0 spiro atoms. The molecule has 0 radical (unpaired) electrons. The van der Waals surface area contributed by atoms with Gasteiger partial charge in [0.2, 0.25) is 5.78 Å². The Labute approximate surface area is 149 Å². The number of hydrogen-bond donors (Lipinski definition) is 2. The third kappa shape index (κ3) is 4.30. The number of aromatic amines is 1. The van der Waals surface area contributed by atoms with Gasteiger partial charge >= 0.3 is 5.76 Å². The van der Waals surface area contributed by atoms with Crippen molar-refractivity contribution in [3.63, 3.8) is 0 Å². The molecule has 1 atom stereocenters. The minimum absolute atomic E-state index is 0.0425. The number of carbonyl (C=O) groups is 1. The summed E-state index contributed by atoms with van der Waals surface area (Å²) in [6, 6.07) is 6.38. The van der Waals surface area contributed by atoms with Crippen molar-refractivity contribution < 1.29 is 19.1 Å². The Balaban J connectivity index is 2.24. The molecule has 134 valence electrons. The number of aromatic nitrogens is 1. The summed E-state index contributed by atoms with van der Waals surface area (Å²) in [7, 11) is 1.45. The van der Waals surface area contributed by atoms with Crippen molar-refractivity contribution in [2.75, 3.05) is 7.11 Å². The maximum absolute atomic E-state index is 12.6. The summed E-state index contributed by atoms with van der Waals surface area (Å²) in [5, 5.41) is 18.4. The van der Waals surface area contributed by atoms with Crippen LogP contribution in [0.25, 0.3) is 11.1 Å². The molecule has 7 nitrogen and oxygen atoms in total. The monoisotopic (exact) mass is 354 g/mol. The lowest BCUT2D eigenvalue weighted by atomic mass is 9.96. The molecule has 0 amide bonds. The lowest BCUT2D eigenvalue weighted by Crippen LogP contribution is -2.05. The summed E-state index contributed by atoms with van der Waals surface area (Å²) in [5.74, 6) is -0.955. The van der Waals surface area contributed by atoms with Gasteiger partial charge in [0.15, 0.2) is 5.58 Å². The number of nitrogens with one attached hydrogen (secondary N) is 1. The third-order valence-electron chi connectivity index (χ3n) is 3.86. The van der Waals surface area contributed by atoms with Crippen LogP contribution < -0.4 is 5.76 Å². The molecule has 7 heteroatoms. The van der Waals surface area contributed by atoms with Crippen LogP contribution in [0, 0.1) is 17.2 Å². The molecule has 0 fully saturated rings. The van der Waals surface area contributed by atoms with E-state index in [9.17, 15) is 14.9 Å². The average Bonchev–Trinajstić information content (AvgIpc) is 3.03. The smallest absolute Gasteiger partial charge is 0.417 e. The van der Waals surface area contributed by atoms with Crippen molar-refractivity contribution in [3.05, 3.63) is 70.6 Å². The molecule has 1 unspecified atom stereocenters. The van der Waals surface area contributed by atoms with Crippen LogP contribution in [0.15, 0.2) is 63.7 Å². The van der Waals surface area contributed by atoms with Gasteiger partial charge in [0.25, 0.3) is 0 Å². The molecule has 2 aromatic rings. The second-order valence-electron chi connectivity index (χ2n) is 5.48. The van der Waals surface area contributed by atoms with Crippen molar-refractivity contribution in [1.29, 1.82) is 5.26 Å². The van der Waals surface area contributed by atoms with E-state index in [0.717, 1.165) is 6.26 Å². The van der Waals surface area contributed by atoms with Crippen LogP contribution in [0.3, 0.4) is 0 Å². The van der Waals surface area contributed by atoms with Gasteiger partial charge in [-0.1, -0.05) is 12.2 Å². The number of benzene rings is 1. The van der Waals surface area contributed by atoms with Crippen LogP contribution in [0.2, 0.25) is 0 Å². The molecular weight excluding hydrogens is 336 g/mol. The van der Waals surface area contributed by atoms with Gasteiger partial charge in [-0.3, -0.25) is 9.78 Å². The highest BCUT2D eigenvalue weighted by molar-refractivity contribution is 6.12. The highest BCUT2D eigenvalue weighted by Gasteiger charge is 2.16. The Bertz CT molecular complexity index is 972. The van der Waals surface area contributed by atoms with Gasteiger partial charge in [-0.15, -0.1) is 6.58 Å². The molecular formula is C19H18N2O5. The molecule has 0 saturated carbocycles. The summed E-state index contributed by atoms with van der Waals surface area (Å²) in [4.78, 5) is 26.3. The zero-order valence-corrected chi connectivity index (χ0v) is 14.2. The number of Topliss-reactive ketones (excluding diaryl/α,β-unsaturated/α-hetero) is 1. The number of nitriles is 1. The molecule has 0 aliphatic carbocycles. The van der Waals surface area contributed by atoms with Crippen LogP contribution in [-0.2, 0) is 4.74 Å². The topological polar surface area (TPSA) is 116 Å². The Kier molecular flexibility index (Phi) is 6.17. The fraction of sp³-hybridized carbons (Fsp3) is 0.211. The largest absolute Gasteiger partial charge is 0.512 e. The standard InChI is InChI=1S/C19H18N2O5/c1-3-12(4-6-15(11-22)25-2)8-14(10-20)18(23)13-5-7-16-17(9-13)26-19(24)21-16/h3,5,7-9,11-12,22H,1,4,6H2,2H3,(H,21,24)/b14-8+,15-11-. The van der Waals surface area contributed by atoms with E-state index in [0.29, 0.717) is 24.1 Å². The predicted molar refractivity (Wildman–Crippen MR) is 95.5 cm³/mol. The second kappa shape index (κ2) is 8.53. The van der Waals surface area contributed by atoms with Crippen molar-refractivity contribution in [2.45, 2.75) is 12.8 Å². The maximum Gasteiger partial charge on any atom is 0.417 e. The molecule has 0 aliphatic heterocycles. The minimum Gasteiger partial charge on any atom is -0.512 e. The normalized spacial score (nSPS) is 13.2. The van der Waals surface area contributed by atoms with Gasteiger partial charge in [0.1, 0.15) is 18.1 Å². The van der Waals surface area contributed by atoms with Gasteiger partial charge in [0.05, 0.1) is 18.2 Å². The highest BCUT2D eigenvalue weighted by atomic mass is 16.5. The highest BCUT2D eigenvalue weighted by Crippen LogP contribution is 2.20. The number of nitrogens with zero attached hydrogens (tertiary/aromatic N) is 1. The van der Waals surface area contributed by atoms with E-state index in [-0.39, 0.29) is 22.6 Å². The summed E-state index contributed by atoms with van der Waals surface area (Å²) >= 11 is 0. The average molecular weight is 354 g/mol. The van der Waals surface area contributed by atoms with Crippen LogP contribution in [-0.4, -0.2) is 23.0 Å². The van der Waals surface area contributed by atoms with E-state index in [2.05, 4.69) is 11.6 Å². The van der Waals surface area contributed by atoms with Crippen LogP contribution >= 0.6 is 0 Å². The number of H-pyrrole nitrogens is 1. The van der Waals surface area contributed by atoms with Gasteiger partial charge in [-0.2, -0.15) is 5.26 Å². The minimum atomic E-state index is -0.613. The quantitative estimate of drug-likeness (QED) is 0.247. The molecule has 0 bridgehead atoms. The fourth-order valence-electron chi connectivity index (χ4n) is 2.42. The molecule has 2 N–H and O–H groups in total. The first-order valence-corrected chi connectivity index (χ1v) is 7.81. The van der Waals surface area contributed by atoms with Gasteiger partial charge in [-0.05, 0) is 30.5 Å². The molecule has 1 aromatic heterocycles. The summed E-state index contributed by atoms with van der Waals surface area (Å²) in [5.41, 5.74) is 0.917. The van der Waals surface area contributed by atoms with Gasteiger partial charge < -0.3 is 14.3 Å². The zero-order chi connectivity index (χ0) is 19.1. The molecule has 1 heterocycles. The van der Waals surface area contributed by atoms with Crippen LogP contribution in [0.4, 0.5) is 0 Å². The number of rotatable bonds is 8. The number of carbonyl (C=O) groups excluding carboxylic acids is 1. The van der Waals surface area contributed by atoms with E-state index in [1.54, 1.807) is 12.1 Å². The summed E-state index contributed by atoms with van der Waals surface area (Å²) < 4.78 is 9.91. The van der Waals surface area contributed by atoms with E-state index in [1.807, 2.05) is 6.07 Å². The molecule has 0 aliphatic rings. The molecule has 0 saturated heterocycles. The lowest BCUT2D eigenvalue weighted by Gasteiger charge is -2.10. The number of aliphatic hydroxyl groups is 1. The Morgan fingerprint density at radius 2 is 2.31 bits per heavy atom. The number of methoxy groups -OCH3 is 1. The van der Waals surface area contributed by atoms with E-state index >= 15 is 0 Å². The van der Waals surface area contributed by atoms with Crippen LogP contribution in [0.5, 0.6) is 0 Å². The summed E-state index contributed by atoms with van der Waals surface area (Å²) in [6.45, 7) is 3.71. The Morgan fingerprint density at radius 3 is 2.92 bits per heavy atom. The van der Waals surface area contributed by atoms with E-state index in [4.69, 9.17) is 14.3 Å². The Hall–Kier alpha value is -3.53. The molecule has 2 rings (SSSR count). The number of fused-ring (bicyclic) bond motifs is 1. The van der Waals surface area contributed by atoms with Crippen molar-refractivity contribution in [1.82, 2.24) is 4.98 Å². The Morgan fingerprint density at radius 1 is 1.54 bits per heavy atom.